The Hall–Kier alpha value is -3.26. The number of nitrogens with zero attached hydrogens (tertiary/aromatic N) is 2. The van der Waals surface area contributed by atoms with Crippen LogP contribution in [-0.2, 0) is 35.2 Å². The van der Waals surface area contributed by atoms with Gasteiger partial charge >= 0.3 is 11.9 Å². The van der Waals surface area contributed by atoms with Crippen LogP contribution in [0.5, 0.6) is 0 Å². The maximum atomic E-state index is 13.6. The fourth-order valence-electron chi connectivity index (χ4n) is 3.87. The van der Waals surface area contributed by atoms with Crippen LogP contribution < -0.4 is 0 Å². The van der Waals surface area contributed by atoms with Gasteiger partial charge in [0.2, 0.25) is 5.41 Å². The quantitative estimate of drug-likeness (QED) is 0.374. The van der Waals surface area contributed by atoms with Gasteiger partial charge in [-0.05, 0) is 25.5 Å². The molecular weight excluding hydrogens is 436 g/mol. The molecule has 32 heavy (non-hydrogen) atoms. The van der Waals surface area contributed by atoms with Crippen molar-refractivity contribution in [1.82, 2.24) is 9.88 Å². The number of aromatic nitrogens is 1. The van der Waals surface area contributed by atoms with E-state index < -0.39 is 41.0 Å². The molecular formula is C23H21ClN2O6. The Morgan fingerprint density at radius 1 is 1.22 bits per heavy atom. The van der Waals surface area contributed by atoms with Crippen LogP contribution in [0.3, 0.4) is 0 Å². The van der Waals surface area contributed by atoms with Crippen molar-refractivity contribution in [2.45, 2.75) is 32.2 Å². The van der Waals surface area contributed by atoms with Gasteiger partial charge in [-0.3, -0.25) is 19.2 Å². The first-order chi connectivity index (χ1) is 15.3. The summed E-state index contributed by atoms with van der Waals surface area (Å²) in [7, 11) is 0. The van der Waals surface area contributed by atoms with Gasteiger partial charge in [0.1, 0.15) is 12.0 Å². The van der Waals surface area contributed by atoms with E-state index in [0.717, 1.165) is 16.5 Å². The number of hydrogen-bond donors (Lipinski definition) is 0. The Balaban J connectivity index is 1.75. The highest BCUT2D eigenvalue weighted by Crippen LogP contribution is 2.42. The second-order valence-electron chi connectivity index (χ2n) is 7.58. The van der Waals surface area contributed by atoms with Gasteiger partial charge in [0.25, 0.3) is 5.91 Å². The maximum absolute atomic E-state index is 13.6. The Morgan fingerprint density at radius 3 is 2.69 bits per heavy atom. The van der Waals surface area contributed by atoms with E-state index in [1.165, 1.54) is 11.0 Å². The van der Waals surface area contributed by atoms with Gasteiger partial charge in [-0.15, -0.1) is 11.6 Å². The number of carbonyl (C=O) groups excluding carboxylic acids is 4. The van der Waals surface area contributed by atoms with Crippen molar-refractivity contribution in [1.29, 1.82) is 0 Å². The monoisotopic (exact) mass is 456 g/mol. The number of halogens is 1. The molecule has 1 aromatic carbocycles. The van der Waals surface area contributed by atoms with Crippen LogP contribution in [0.15, 0.2) is 36.4 Å². The van der Waals surface area contributed by atoms with Crippen LogP contribution in [-0.4, -0.2) is 52.1 Å². The number of pyridine rings is 1. The lowest BCUT2D eigenvalue weighted by atomic mass is 9.79. The summed E-state index contributed by atoms with van der Waals surface area (Å²) in [6.07, 6.45) is 1.50. The molecule has 0 saturated heterocycles. The van der Waals surface area contributed by atoms with Crippen LogP contribution in [0.25, 0.3) is 16.6 Å². The molecule has 2 atom stereocenters. The van der Waals surface area contributed by atoms with Crippen molar-refractivity contribution < 1.29 is 28.7 Å². The summed E-state index contributed by atoms with van der Waals surface area (Å²) >= 11 is 5.90. The summed E-state index contributed by atoms with van der Waals surface area (Å²) in [6.45, 7) is 2.55. The SMILES string of the molecule is CCOC(=O)C1(COC(=O)C(Cl)CC)C(=O)C=C2c3nc4ccccc4cc3CN2C1=O. The second-order valence-corrected chi connectivity index (χ2v) is 8.11. The van der Waals surface area contributed by atoms with E-state index >= 15 is 0 Å². The molecule has 0 radical (unpaired) electrons. The standard InChI is InChI=1S/C23H21ClN2O6/c1-3-15(24)20(28)32-12-23(22(30)31-4-2)18(27)10-17-19-14(11-26(17)21(23)29)9-13-7-5-6-8-16(13)25-19/h5-10,15H,3-4,11-12H2,1-2H3. The van der Waals surface area contributed by atoms with Gasteiger partial charge in [0.05, 0.1) is 30.1 Å². The number of hydrogen-bond acceptors (Lipinski definition) is 7. The topological polar surface area (TPSA) is 103 Å². The molecule has 2 aromatic rings. The number of para-hydroxylation sites is 1. The third kappa shape index (κ3) is 3.35. The molecule has 2 aliphatic rings. The summed E-state index contributed by atoms with van der Waals surface area (Å²) in [6, 6.07) is 9.37. The summed E-state index contributed by atoms with van der Waals surface area (Å²) < 4.78 is 10.2. The minimum Gasteiger partial charge on any atom is -0.465 e. The Bertz CT molecular complexity index is 1180. The molecule has 0 fully saturated rings. The number of carbonyl (C=O) groups is 4. The van der Waals surface area contributed by atoms with Crippen molar-refractivity contribution in [3.63, 3.8) is 0 Å². The zero-order chi connectivity index (χ0) is 23.0. The molecule has 0 spiro atoms. The highest BCUT2D eigenvalue weighted by molar-refractivity contribution is 6.31. The van der Waals surface area contributed by atoms with Crippen LogP contribution >= 0.6 is 11.6 Å². The molecule has 0 saturated carbocycles. The van der Waals surface area contributed by atoms with Gasteiger partial charge in [-0.1, -0.05) is 25.1 Å². The molecule has 4 rings (SSSR count). The van der Waals surface area contributed by atoms with E-state index in [0.29, 0.717) is 17.8 Å². The predicted octanol–water partition coefficient (Wildman–Crippen LogP) is 2.61. The summed E-state index contributed by atoms with van der Waals surface area (Å²) in [4.78, 5) is 57.8. The van der Waals surface area contributed by atoms with Crippen molar-refractivity contribution in [2.24, 2.45) is 5.41 Å². The van der Waals surface area contributed by atoms with Crippen molar-refractivity contribution in [3.05, 3.63) is 47.7 Å². The van der Waals surface area contributed by atoms with E-state index in [4.69, 9.17) is 21.1 Å². The first kappa shape index (κ1) is 22.0. The predicted molar refractivity (Wildman–Crippen MR) is 115 cm³/mol. The van der Waals surface area contributed by atoms with Crippen LogP contribution in [0.4, 0.5) is 0 Å². The molecule has 3 heterocycles. The normalized spacial score (nSPS) is 20.5. The molecule has 0 aliphatic carbocycles. The van der Waals surface area contributed by atoms with E-state index in [9.17, 15) is 19.2 Å². The number of ketones is 1. The highest BCUT2D eigenvalue weighted by atomic mass is 35.5. The number of amides is 1. The maximum Gasteiger partial charge on any atom is 0.333 e. The van der Waals surface area contributed by atoms with Crippen molar-refractivity contribution in [2.75, 3.05) is 13.2 Å². The van der Waals surface area contributed by atoms with Crippen LogP contribution in [0.1, 0.15) is 31.5 Å². The Morgan fingerprint density at radius 2 is 1.97 bits per heavy atom. The van der Waals surface area contributed by atoms with E-state index in [-0.39, 0.29) is 13.2 Å². The molecule has 0 N–H and O–H groups in total. The fourth-order valence-corrected chi connectivity index (χ4v) is 3.93. The van der Waals surface area contributed by atoms with Crippen LogP contribution in [0, 0.1) is 5.41 Å². The molecule has 2 unspecified atom stereocenters. The van der Waals surface area contributed by atoms with Gasteiger partial charge < -0.3 is 14.4 Å². The van der Waals surface area contributed by atoms with Gasteiger partial charge in [0, 0.05) is 17.0 Å². The first-order valence-electron chi connectivity index (χ1n) is 10.3. The first-order valence-corrected chi connectivity index (χ1v) is 10.7. The number of rotatable bonds is 6. The lowest BCUT2D eigenvalue weighted by Crippen LogP contribution is -2.57. The molecule has 0 bridgehead atoms. The molecule has 1 aromatic heterocycles. The zero-order valence-electron chi connectivity index (χ0n) is 17.6. The van der Waals surface area contributed by atoms with E-state index in [1.807, 2.05) is 30.3 Å². The second kappa shape index (κ2) is 8.35. The largest absolute Gasteiger partial charge is 0.465 e. The minimum atomic E-state index is -2.32. The van der Waals surface area contributed by atoms with Gasteiger partial charge in [-0.25, -0.2) is 4.98 Å². The lowest BCUT2D eigenvalue weighted by molar-refractivity contribution is -0.173. The highest BCUT2D eigenvalue weighted by Gasteiger charge is 2.60. The third-order valence-corrected chi connectivity index (χ3v) is 6.12. The zero-order valence-corrected chi connectivity index (χ0v) is 18.3. The Kier molecular flexibility index (Phi) is 5.73. The minimum absolute atomic E-state index is 0.0497. The number of esters is 2. The smallest absolute Gasteiger partial charge is 0.333 e. The van der Waals surface area contributed by atoms with Gasteiger partial charge in [-0.2, -0.15) is 0 Å². The average Bonchev–Trinajstić information content (AvgIpc) is 3.14. The number of benzene rings is 1. The lowest BCUT2D eigenvalue weighted by Gasteiger charge is -2.35. The number of alkyl halides is 1. The van der Waals surface area contributed by atoms with Crippen molar-refractivity contribution >= 4 is 51.8 Å². The summed E-state index contributed by atoms with van der Waals surface area (Å²) in [5.41, 5.74) is -0.0270. The molecule has 9 heteroatoms. The summed E-state index contributed by atoms with van der Waals surface area (Å²) in [5, 5.41) is -0.0643. The van der Waals surface area contributed by atoms with Crippen molar-refractivity contribution in [3.8, 4) is 0 Å². The molecule has 1 amide bonds. The van der Waals surface area contributed by atoms with E-state index in [2.05, 4.69) is 4.98 Å². The third-order valence-electron chi connectivity index (χ3n) is 5.63. The Labute approximate surface area is 189 Å². The summed E-state index contributed by atoms with van der Waals surface area (Å²) in [5.74, 6) is -3.50. The number of fused-ring (bicyclic) bond motifs is 4. The molecule has 2 aliphatic heterocycles. The average molecular weight is 457 g/mol. The fraction of sp³-hybridized carbons (Fsp3) is 0.348. The van der Waals surface area contributed by atoms with Crippen LogP contribution in [0.2, 0.25) is 0 Å². The number of ether oxygens (including phenoxy) is 2. The number of allylic oxidation sites excluding steroid dienone is 1. The van der Waals surface area contributed by atoms with E-state index in [1.54, 1.807) is 13.8 Å². The van der Waals surface area contributed by atoms with Gasteiger partial charge in [0.15, 0.2) is 5.78 Å². The molecule has 8 nitrogen and oxygen atoms in total. The molecule has 166 valence electrons.